The number of imidazole rings is 1. The van der Waals surface area contributed by atoms with Crippen LogP contribution < -0.4 is 10.6 Å². The van der Waals surface area contributed by atoms with Gasteiger partial charge in [0.2, 0.25) is 0 Å². The van der Waals surface area contributed by atoms with Gasteiger partial charge in [0, 0.05) is 50.4 Å². The molecule has 2 N–H and O–H groups in total. The van der Waals surface area contributed by atoms with E-state index < -0.39 is 0 Å². The molecule has 8 heteroatoms. The zero-order valence-electron chi connectivity index (χ0n) is 18.6. The van der Waals surface area contributed by atoms with E-state index in [9.17, 15) is 0 Å². The van der Waals surface area contributed by atoms with Gasteiger partial charge in [0.05, 0.1) is 12.2 Å². The van der Waals surface area contributed by atoms with E-state index in [1.165, 1.54) is 5.56 Å². The van der Waals surface area contributed by atoms with E-state index in [-0.39, 0.29) is 24.0 Å². The van der Waals surface area contributed by atoms with Gasteiger partial charge < -0.3 is 19.7 Å². The van der Waals surface area contributed by atoms with Crippen LogP contribution in [0.2, 0.25) is 0 Å². The molecule has 0 spiro atoms. The lowest BCUT2D eigenvalue weighted by molar-refractivity contribution is 0.380. The number of guanidine groups is 1. The summed E-state index contributed by atoms with van der Waals surface area (Å²) in [5.74, 6) is 2.78. The van der Waals surface area contributed by atoms with Crippen LogP contribution in [-0.2, 0) is 32.4 Å². The lowest BCUT2D eigenvalue weighted by Crippen LogP contribution is -2.38. The van der Waals surface area contributed by atoms with Crippen molar-refractivity contribution < 1.29 is 4.52 Å². The van der Waals surface area contributed by atoms with Crippen molar-refractivity contribution in [2.75, 3.05) is 13.1 Å². The number of nitrogens with one attached hydrogen (secondary N) is 2. The number of aromatic nitrogens is 3. The zero-order chi connectivity index (χ0) is 21.2. The number of halogens is 1. The Morgan fingerprint density at radius 3 is 2.61 bits per heavy atom. The highest BCUT2D eigenvalue weighted by Gasteiger charge is 2.13. The number of rotatable bonds is 10. The smallest absolute Gasteiger partial charge is 0.191 e. The van der Waals surface area contributed by atoms with Gasteiger partial charge >= 0.3 is 0 Å². The SMILES string of the molecule is CCNC(=NCc1c(CC)noc1CC)NCCc1nccn1Cc1ccccc1.I. The highest BCUT2D eigenvalue weighted by atomic mass is 127. The molecule has 0 aliphatic heterocycles. The van der Waals surface area contributed by atoms with E-state index in [0.29, 0.717) is 6.54 Å². The topological polar surface area (TPSA) is 80.3 Å². The van der Waals surface area contributed by atoms with E-state index in [0.717, 1.165) is 67.7 Å². The molecule has 0 unspecified atom stereocenters. The monoisotopic (exact) mass is 536 g/mol. The fourth-order valence-electron chi connectivity index (χ4n) is 3.40. The quantitative estimate of drug-likeness (QED) is 0.233. The molecular formula is C23H33IN6O. The molecule has 0 saturated carbocycles. The Balaban J connectivity index is 0.00000341. The molecule has 3 aromatic rings. The minimum atomic E-state index is 0. The lowest BCUT2D eigenvalue weighted by atomic mass is 10.1. The van der Waals surface area contributed by atoms with Crippen LogP contribution >= 0.6 is 24.0 Å². The van der Waals surface area contributed by atoms with Crippen molar-refractivity contribution in [3.63, 3.8) is 0 Å². The fourth-order valence-corrected chi connectivity index (χ4v) is 3.40. The minimum Gasteiger partial charge on any atom is -0.361 e. The maximum absolute atomic E-state index is 5.45. The molecule has 0 bridgehead atoms. The van der Waals surface area contributed by atoms with Gasteiger partial charge in [0.25, 0.3) is 0 Å². The number of aliphatic imine (C=N–C) groups is 1. The van der Waals surface area contributed by atoms with Crippen molar-refractivity contribution in [1.29, 1.82) is 0 Å². The lowest BCUT2D eigenvalue weighted by Gasteiger charge is -2.12. The maximum Gasteiger partial charge on any atom is 0.191 e. The van der Waals surface area contributed by atoms with Crippen molar-refractivity contribution in [2.24, 2.45) is 4.99 Å². The third-order valence-electron chi connectivity index (χ3n) is 4.98. The zero-order valence-corrected chi connectivity index (χ0v) is 20.9. The number of nitrogens with zero attached hydrogens (tertiary/aromatic N) is 4. The number of aryl methyl sites for hydroxylation is 2. The summed E-state index contributed by atoms with van der Waals surface area (Å²) in [6.45, 7) is 9.19. The summed E-state index contributed by atoms with van der Waals surface area (Å²) in [7, 11) is 0. The number of hydrogen-bond acceptors (Lipinski definition) is 4. The van der Waals surface area contributed by atoms with Crippen LogP contribution in [0.1, 0.15) is 49.2 Å². The highest BCUT2D eigenvalue weighted by molar-refractivity contribution is 14.0. The predicted octanol–water partition coefficient (Wildman–Crippen LogP) is 3.96. The Morgan fingerprint density at radius 1 is 1.10 bits per heavy atom. The normalized spacial score (nSPS) is 11.3. The molecule has 0 radical (unpaired) electrons. The van der Waals surface area contributed by atoms with Crippen LogP contribution in [-0.4, -0.2) is 33.8 Å². The standard InChI is InChI=1S/C23H32N6O.HI/c1-4-20-19(21(5-2)30-28-20)16-27-23(24-6-3)26-13-12-22-25-14-15-29(22)17-18-10-8-7-9-11-18;/h7-11,14-15H,4-6,12-13,16-17H2,1-3H3,(H2,24,26,27);1H. The van der Waals surface area contributed by atoms with E-state index in [4.69, 9.17) is 9.52 Å². The van der Waals surface area contributed by atoms with E-state index in [2.05, 4.69) is 70.4 Å². The van der Waals surface area contributed by atoms with Gasteiger partial charge in [-0.25, -0.2) is 9.98 Å². The Morgan fingerprint density at radius 2 is 1.90 bits per heavy atom. The molecule has 2 aromatic heterocycles. The largest absolute Gasteiger partial charge is 0.361 e. The molecule has 0 fully saturated rings. The molecule has 0 aliphatic rings. The van der Waals surface area contributed by atoms with Crippen molar-refractivity contribution >= 4 is 29.9 Å². The molecule has 0 amide bonds. The van der Waals surface area contributed by atoms with E-state index in [1.807, 2.05) is 18.5 Å². The molecule has 0 atom stereocenters. The average Bonchev–Trinajstić information content (AvgIpc) is 3.38. The Labute approximate surface area is 201 Å². The Bertz CT molecular complexity index is 913. The molecule has 0 aliphatic carbocycles. The van der Waals surface area contributed by atoms with Crippen LogP contribution in [0.15, 0.2) is 52.2 Å². The van der Waals surface area contributed by atoms with Gasteiger partial charge in [0.1, 0.15) is 11.6 Å². The Kier molecular flexibility index (Phi) is 10.6. The van der Waals surface area contributed by atoms with Gasteiger partial charge in [-0.1, -0.05) is 49.3 Å². The summed E-state index contributed by atoms with van der Waals surface area (Å²) in [6.07, 6.45) is 6.39. The van der Waals surface area contributed by atoms with Gasteiger partial charge in [-0.3, -0.25) is 0 Å². The summed E-state index contributed by atoms with van der Waals surface area (Å²) in [5.41, 5.74) is 3.37. The third-order valence-corrected chi connectivity index (χ3v) is 4.98. The first-order valence-electron chi connectivity index (χ1n) is 10.8. The average molecular weight is 536 g/mol. The summed E-state index contributed by atoms with van der Waals surface area (Å²) in [5, 5.41) is 10.9. The van der Waals surface area contributed by atoms with Crippen LogP contribution in [0.25, 0.3) is 0 Å². The summed E-state index contributed by atoms with van der Waals surface area (Å²) in [4.78, 5) is 9.28. The maximum atomic E-state index is 5.45. The molecule has 3 rings (SSSR count). The predicted molar refractivity (Wildman–Crippen MR) is 135 cm³/mol. The van der Waals surface area contributed by atoms with Crippen LogP contribution in [0.5, 0.6) is 0 Å². The number of benzene rings is 1. The first kappa shape index (κ1) is 24.9. The van der Waals surface area contributed by atoms with E-state index >= 15 is 0 Å². The molecule has 2 heterocycles. The van der Waals surface area contributed by atoms with Gasteiger partial charge in [-0.15, -0.1) is 24.0 Å². The second kappa shape index (κ2) is 13.1. The molecule has 1 aromatic carbocycles. The van der Waals surface area contributed by atoms with Crippen molar-refractivity contribution in [3.05, 3.63) is 71.1 Å². The van der Waals surface area contributed by atoms with Crippen molar-refractivity contribution in [3.8, 4) is 0 Å². The molecule has 31 heavy (non-hydrogen) atoms. The molecule has 0 saturated heterocycles. The first-order valence-corrected chi connectivity index (χ1v) is 10.8. The molecular weight excluding hydrogens is 503 g/mol. The summed E-state index contributed by atoms with van der Waals surface area (Å²) < 4.78 is 7.64. The Hall–Kier alpha value is -2.36. The minimum absolute atomic E-state index is 0. The first-order chi connectivity index (χ1) is 14.7. The third kappa shape index (κ3) is 7.09. The summed E-state index contributed by atoms with van der Waals surface area (Å²) in [6, 6.07) is 10.4. The summed E-state index contributed by atoms with van der Waals surface area (Å²) >= 11 is 0. The van der Waals surface area contributed by atoms with Crippen LogP contribution in [0.3, 0.4) is 0 Å². The highest BCUT2D eigenvalue weighted by Crippen LogP contribution is 2.16. The fraction of sp³-hybridized carbons (Fsp3) is 0.435. The van der Waals surface area contributed by atoms with Crippen LogP contribution in [0.4, 0.5) is 0 Å². The van der Waals surface area contributed by atoms with Crippen LogP contribution in [0, 0.1) is 0 Å². The van der Waals surface area contributed by atoms with Gasteiger partial charge in [0.15, 0.2) is 5.96 Å². The number of hydrogen-bond donors (Lipinski definition) is 2. The van der Waals surface area contributed by atoms with Crippen molar-refractivity contribution in [2.45, 2.75) is 53.1 Å². The molecule has 168 valence electrons. The van der Waals surface area contributed by atoms with Gasteiger partial charge in [-0.05, 0) is 18.9 Å². The molecule has 7 nitrogen and oxygen atoms in total. The van der Waals surface area contributed by atoms with Gasteiger partial charge in [-0.2, -0.15) is 0 Å². The second-order valence-electron chi connectivity index (χ2n) is 7.07. The van der Waals surface area contributed by atoms with E-state index in [1.54, 1.807) is 0 Å². The second-order valence-corrected chi connectivity index (χ2v) is 7.07. The van der Waals surface area contributed by atoms with Crippen molar-refractivity contribution in [1.82, 2.24) is 25.3 Å².